The van der Waals surface area contributed by atoms with E-state index in [1.165, 1.54) is 24.8 Å². The van der Waals surface area contributed by atoms with Gasteiger partial charge < -0.3 is 10.6 Å². The number of amides is 2. The Morgan fingerprint density at radius 3 is 2.45 bits per heavy atom. The highest BCUT2D eigenvalue weighted by molar-refractivity contribution is 6.05. The zero-order chi connectivity index (χ0) is 23.0. The Morgan fingerprint density at radius 1 is 0.970 bits per heavy atom. The lowest BCUT2D eigenvalue weighted by atomic mass is 9.88. The molecule has 7 heteroatoms. The predicted molar refractivity (Wildman–Crippen MR) is 125 cm³/mol. The van der Waals surface area contributed by atoms with Gasteiger partial charge in [0.15, 0.2) is 5.82 Å². The van der Waals surface area contributed by atoms with Crippen LogP contribution in [0.1, 0.15) is 48.2 Å². The van der Waals surface area contributed by atoms with E-state index in [1.807, 2.05) is 30.3 Å². The van der Waals surface area contributed by atoms with E-state index in [4.69, 9.17) is 0 Å². The topological polar surface area (TPSA) is 84.0 Å². The van der Waals surface area contributed by atoms with Crippen molar-refractivity contribution in [2.45, 2.75) is 38.5 Å². The Kier molecular flexibility index (Phi) is 7.40. The van der Waals surface area contributed by atoms with E-state index in [0.29, 0.717) is 24.5 Å². The summed E-state index contributed by atoms with van der Waals surface area (Å²) < 4.78 is 14.0. The third-order valence-corrected chi connectivity index (χ3v) is 5.90. The molecule has 1 heterocycles. The van der Waals surface area contributed by atoms with E-state index >= 15 is 0 Å². The summed E-state index contributed by atoms with van der Waals surface area (Å²) in [5.41, 5.74) is 1.67. The minimum atomic E-state index is -0.519. The van der Waals surface area contributed by atoms with Crippen molar-refractivity contribution >= 4 is 17.5 Å². The maximum absolute atomic E-state index is 14.0. The number of hydrogen-bond donors (Lipinski definition) is 2. The van der Waals surface area contributed by atoms with Crippen molar-refractivity contribution in [3.63, 3.8) is 0 Å². The SMILES string of the molecule is O=C(Nc1ccccc1F)c1cnc(-c2ccccc2)nc1CCNC(=O)C1CCCCC1. The lowest BCUT2D eigenvalue weighted by Crippen LogP contribution is -2.33. The number of carbonyl (C=O) groups is 2. The number of anilines is 1. The summed E-state index contributed by atoms with van der Waals surface area (Å²) >= 11 is 0. The van der Waals surface area contributed by atoms with Gasteiger partial charge in [-0.3, -0.25) is 9.59 Å². The van der Waals surface area contributed by atoms with Gasteiger partial charge in [-0.25, -0.2) is 14.4 Å². The van der Waals surface area contributed by atoms with E-state index in [2.05, 4.69) is 20.6 Å². The molecule has 2 aromatic carbocycles. The van der Waals surface area contributed by atoms with E-state index in [-0.39, 0.29) is 23.1 Å². The molecule has 1 aliphatic rings. The van der Waals surface area contributed by atoms with Crippen LogP contribution in [0.4, 0.5) is 10.1 Å². The molecular weight excluding hydrogens is 419 g/mol. The van der Waals surface area contributed by atoms with E-state index < -0.39 is 11.7 Å². The van der Waals surface area contributed by atoms with Crippen LogP contribution < -0.4 is 10.6 Å². The lowest BCUT2D eigenvalue weighted by Gasteiger charge is -2.20. The van der Waals surface area contributed by atoms with Gasteiger partial charge in [0, 0.05) is 30.6 Å². The van der Waals surface area contributed by atoms with Crippen LogP contribution in [-0.2, 0) is 11.2 Å². The molecule has 2 amide bonds. The quantitative estimate of drug-likeness (QED) is 0.547. The third-order valence-electron chi connectivity index (χ3n) is 5.90. The van der Waals surface area contributed by atoms with Crippen molar-refractivity contribution < 1.29 is 14.0 Å². The van der Waals surface area contributed by atoms with Crippen LogP contribution in [0.15, 0.2) is 60.8 Å². The normalized spacial score (nSPS) is 14.0. The predicted octanol–water partition coefficient (Wildman–Crippen LogP) is 4.77. The Bertz CT molecular complexity index is 1110. The maximum Gasteiger partial charge on any atom is 0.259 e. The molecule has 170 valence electrons. The van der Waals surface area contributed by atoms with Crippen molar-refractivity contribution in [3.05, 3.63) is 77.9 Å². The smallest absolute Gasteiger partial charge is 0.259 e. The monoisotopic (exact) mass is 446 g/mol. The van der Waals surface area contributed by atoms with Crippen LogP contribution in [-0.4, -0.2) is 28.3 Å². The van der Waals surface area contributed by atoms with E-state index in [9.17, 15) is 14.0 Å². The standard InChI is InChI=1S/C26H27FN4O2/c27-21-13-7-8-14-23(21)31-26(33)20-17-29-24(18-9-3-1-4-10-18)30-22(20)15-16-28-25(32)19-11-5-2-6-12-19/h1,3-4,7-10,13-14,17,19H,2,5-6,11-12,15-16H2,(H,28,32)(H,31,33). The van der Waals surface area contributed by atoms with Crippen LogP contribution in [0.2, 0.25) is 0 Å². The maximum atomic E-state index is 14.0. The Balaban J connectivity index is 1.53. The fourth-order valence-corrected chi connectivity index (χ4v) is 4.09. The number of carbonyl (C=O) groups excluding carboxylic acids is 2. The second-order valence-electron chi connectivity index (χ2n) is 8.23. The number of hydrogen-bond acceptors (Lipinski definition) is 4. The first kappa shape index (κ1) is 22.6. The van der Waals surface area contributed by atoms with Crippen molar-refractivity contribution in [2.75, 3.05) is 11.9 Å². The van der Waals surface area contributed by atoms with Crippen LogP contribution in [0.3, 0.4) is 0 Å². The first-order chi connectivity index (χ1) is 16.1. The third kappa shape index (κ3) is 5.80. The molecule has 3 aromatic rings. The summed E-state index contributed by atoms with van der Waals surface area (Å²) in [5.74, 6) is -0.397. The molecule has 6 nitrogen and oxygen atoms in total. The van der Waals surface area contributed by atoms with Gasteiger partial charge in [-0.2, -0.15) is 0 Å². The molecule has 1 fully saturated rings. The molecular formula is C26H27FN4O2. The fraction of sp³-hybridized carbons (Fsp3) is 0.308. The zero-order valence-electron chi connectivity index (χ0n) is 18.4. The molecule has 0 unspecified atom stereocenters. The Morgan fingerprint density at radius 2 is 1.70 bits per heavy atom. The van der Waals surface area contributed by atoms with Crippen LogP contribution in [0.25, 0.3) is 11.4 Å². The number of benzene rings is 2. The molecule has 0 atom stereocenters. The first-order valence-corrected chi connectivity index (χ1v) is 11.4. The van der Waals surface area contributed by atoms with Gasteiger partial charge in [-0.15, -0.1) is 0 Å². The van der Waals surface area contributed by atoms with Gasteiger partial charge in [-0.05, 0) is 25.0 Å². The molecule has 0 saturated heterocycles. The van der Waals surface area contributed by atoms with Gasteiger partial charge in [0.2, 0.25) is 5.91 Å². The zero-order valence-corrected chi connectivity index (χ0v) is 18.4. The molecule has 0 bridgehead atoms. The van der Waals surface area contributed by atoms with Gasteiger partial charge in [-0.1, -0.05) is 61.7 Å². The molecule has 0 aliphatic heterocycles. The highest BCUT2D eigenvalue weighted by atomic mass is 19.1. The van der Waals surface area contributed by atoms with Crippen LogP contribution in [0.5, 0.6) is 0 Å². The summed E-state index contributed by atoms with van der Waals surface area (Å²) in [4.78, 5) is 34.4. The number of aromatic nitrogens is 2. The number of nitrogens with one attached hydrogen (secondary N) is 2. The molecule has 4 rings (SSSR count). The fourth-order valence-electron chi connectivity index (χ4n) is 4.09. The van der Waals surface area contributed by atoms with E-state index in [1.54, 1.807) is 12.1 Å². The van der Waals surface area contributed by atoms with Gasteiger partial charge in [0.1, 0.15) is 5.82 Å². The molecule has 2 N–H and O–H groups in total. The molecule has 1 aliphatic carbocycles. The van der Waals surface area contributed by atoms with Gasteiger partial charge >= 0.3 is 0 Å². The van der Waals surface area contributed by atoms with Crippen LogP contribution >= 0.6 is 0 Å². The number of halogens is 1. The summed E-state index contributed by atoms with van der Waals surface area (Å²) in [6.45, 7) is 0.362. The average Bonchev–Trinajstić information content (AvgIpc) is 2.86. The van der Waals surface area contributed by atoms with Crippen LogP contribution in [0, 0.1) is 11.7 Å². The number of para-hydroxylation sites is 1. The minimum absolute atomic E-state index is 0.0596. The molecule has 1 aromatic heterocycles. The average molecular weight is 447 g/mol. The Labute approximate surface area is 192 Å². The number of rotatable bonds is 7. The first-order valence-electron chi connectivity index (χ1n) is 11.4. The van der Waals surface area contributed by atoms with Gasteiger partial charge in [0.25, 0.3) is 5.91 Å². The second-order valence-corrected chi connectivity index (χ2v) is 8.23. The summed E-state index contributed by atoms with van der Waals surface area (Å²) in [7, 11) is 0. The van der Waals surface area contributed by atoms with Crippen molar-refractivity contribution in [3.8, 4) is 11.4 Å². The van der Waals surface area contributed by atoms with Crippen molar-refractivity contribution in [2.24, 2.45) is 5.92 Å². The minimum Gasteiger partial charge on any atom is -0.355 e. The lowest BCUT2D eigenvalue weighted by molar-refractivity contribution is -0.125. The molecule has 33 heavy (non-hydrogen) atoms. The van der Waals surface area contributed by atoms with E-state index in [0.717, 1.165) is 31.2 Å². The summed E-state index contributed by atoms with van der Waals surface area (Å²) in [6, 6.07) is 15.5. The van der Waals surface area contributed by atoms with Gasteiger partial charge in [0.05, 0.1) is 16.9 Å². The molecule has 1 saturated carbocycles. The Hall–Kier alpha value is -3.61. The summed E-state index contributed by atoms with van der Waals surface area (Å²) in [5, 5.41) is 5.59. The second kappa shape index (κ2) is 10.8. The highest BCUT2D eigenvalue weighted by Crippen LogP contribution is 2.24. The largest absolute Gasteiger partial charge is 0.355 e. The van der Waals surface area contributed by atoms with Crippen molar-refractivity contribution in [1.82, 2.24) is 15.3 Å². The molecule has 0 spiro atoms. The molecule has 0 radical (unpaired) electrons. The summed E-state index contributed by atoms with van der Waals surface area (Å²) in [6.07, 6.45) is 7.04. The van der Waals surface area contributed by atoms with Crippen molar-refractivity contribution in [1.29, 1.82) is 0 Å². The highest BCUT2D eigenvalue weighted by Gasteiger charge is 2.21. The number of nitrogens with zero attached hydrogens (tertiary/aromatic N) is 2.